The van der Waals surface area contributed by atoms with Crippen molar-refractivity contribution in [3.63, 3.8) is 0 Å². The monoisotopic (exact) mass is 319 g/mol. The molecule has 0 aliphatic heterocycles. The van der Waals surface area contributed by atoms with E-state index >= 15 is 0 Å². The summed E-state index contributed by atoms with van der Waals surface area (Å²) in [7, 11) is 0. The molecule has 0 radical (unpaired) electrons. The Kier molecular flexibility index (Phi) is 4.25. The fourth-order valence-corrected chi connectivity index (χ4v) is 2.29. The van der Waals surface area contributed by atoms with Crippen molar-refractivity contribution in [2.75, 3.05) is 0 Å². The Morgan fingerprint density at radius 3 is 2.76 bits per heavy atom. The normalized spacial score (nSPS) is 18.0. The van der Waals surface area contributed by atoms with Gasteiger partial charge in [0.05, 0.1) is 11.7 Å². The smallest absolute Gasteiger partial charge is 0.433 e. The van der Waals surface area contributed by atoms with E-state index in [9.17, 15) is 13.2 Å². The van der Waals surface area contributed by atoms with E-state index in [4.69, 9.17) is 10.2 Å². The highest BCUT2D eigenvalue weighted by Crippen LogP contribution is 2.34. The number of nitrogens with zero attached hydrogens (tertiary/aromatic N) is 2. The predicted octanol–water partition coefficient (Wildman–Crippen LogP) is 3.51. The number of alkyl halides is 3. The van der Waals surface area contributed by atoms with Gasteiger partial charge in [-0.25, -0.2) is 4.98 Å². The maximum Gasteiger partial charge on any atom is 0.433 e. The first-order valence-electron chi connectivity index (χ1n) is 6.24. The average molecular weight is 320 g/mol. The Balaban J connectivity index is 0.00000161. The van der Waals surface area contributed by atoms with E-state index in [2.05, 4.69) is 9.97 Å². The van der Waals surface area contributed by atoms with E-state index in [1.807, 2.05) is 0 Å². The Labute approximate surface area is 125 Å². The van der Waals surface area contributed by atoms with Gasteiger partial charge in [0.1, 0.15) is 11.5 Å². The quantitative estimate of drug-likeness (QED) is 0.873. The third kappa shape index (κ3) is 3.03. The van der Waals surface area contributed by atoms with E-state index in [1.54, 1.807) is 0 Å². The van der Waals surface area contributed by atoms with Crippen molar-refractivity contribution in [2.45, 2.75) is 31.5 Å². The molecule has 1 aliphatic carbocycles. The molecule has 0 amide bonds. The van der Waals surface area contributed by atoms with Crippen LogP contribution < -0.4 is 5.73 Å². The number of rotatable bonds is 1. The summed E-state index contributed by atoms with van der Waals surface area (Å²) in [5, 5.41) is 0. The Bertz CT molecular complexity index is 642. The van der Waals surface area contributed by atoms with E-state index in [1.165, 1.54) is 6.07 Å². The van der Waals surface area contributed by atoms with Crippen LogP contribution in [0.5, 0.6) is 0 Å². The van der Waals surface area contributed by atoms with Crippen molar-refractivity contribution in [1.29, 1.82) is 0 Å². The molecule has 2 aromatic heterocycles. The topological polar surface area (TPSA) is 64.9 Å². The number of oxazole rings is 1. The molecule has 21 heavy (non-hydrogen) atoms. The van der Waals surface area contributed by atoms with Crippen LogP contribution in [0.15, 0.2) is 22.7 Å². The third-order valence-electron chi connectivity index (χ3n) is 3.30. The molecule has 0 saturated carbocycles. The molecule has 0 fully saturated rings. The zero-order chi connectivity index (χ0) is 14.3. The van der Waals surface area contributed by atoms with Gasteiger partial charge in [0, 0.05) is 18.2 Å². The summed E-state index contributed by atoms with van der Waals surface area (Å²) in [6, 6.07) is 2.17. The molecule has 0 saturated heterocycles. The van der Waals surface area contributed by atoms with Crippen molar-refractivity contribution in [1.82, 2.24) is 9.97 Å². The maximum absolute atomic E-state index is 12.6. The van der Waals surface area contributed by atoms with Crippen LogP contribution in [0, 0.1) is 0 Å². The van der Waals surface area contributed by atoms with Crippen LogP contribution in [-0.2, 0) is 12.6 Å². The van der Waals surface area contributed by atoms with Crippen molar-refractivity contribution < 1.29 is 17.6 Å². The number of hydrogen-bond acceptors (Lipinski definition) is 4. The molecule has 2 aromatic rings. The molecule has 0 aromatic carbocycles. The second-order valence-corrected chi connectivity index (χ2v) is 4.75. The molecule has 2 N–H and O–H groups in total. The van der Waals surface area contributed by atoms with Crippen LogP contribution in [0.3, 0.4) is 0 Å². The number of halogens is 4. The highest BCUT2D eigenvalue weighted by Gasteiger charge is 2.33. The lowest BCUT2D eigenvalue weighted by Crippen LogP contribution is -2.16. The lowest BCUT2D eigenvalue weighted by molar-refractivity contribution is -0.141. The summed E-state index contributed by atoms with van der Waals surface area (Å²) in [5.74, 6) is 0.837. The number of fused-ring (bicyclic) bond motifs is 1. The number of nitrogens with two attached hydrogens (primary N) is 1. The first-order chi connectivity index (χ1) is 9.45. The summed E-state index contributed by atoms with van der Waals surface area (Å²) in [6.07, 6.45) is -0.969. The van der Waals surface area contributed by atoms with Crippen molar-refractivity contribution in [2.24, 2.45) is 5.73 Å². The van der Waals surface area contributed by atoms with Crippen molar-refractivity contribution in [3.05, 3.63) is 35.5 Å². The van der Waals surface area contributed by atoms with Gasteiger partial charge in [-0.3, -0.25) is 4.98 Å². The minimum absolute atomic E-state index is 0. The Morgan fingerprint density at radius 1 is 1.33 bits per heavy atom. The van der Waals surface area contributed by atoms with Gasteiger partial charge in [-0.2, -0.15) is 13.2 Å². The zero-order valence-corrected chi connectivity index (χ0v) is 11.7. The largest absolute Gasteiger partial charge is 0.441 e. The molecule has 0 unspecified atom stereocenters. The summed E-state index contributed by atoms with van der Waals surface area (Å²) in [6.45, 7) is 0. The molecule has 0 spiro atoms. The number of hydrogen-bond donors (Lipinski definition) is 1. The van der Waals surface area contributed by atoms with Crippen LogP contribution in [0.1, 0.15) is 36.0 Å². The Morgan fingerprint density at radius 2 is 2.10 bits per heavy atom. The second kappa shape index (κ2) is 5.65. The summed E-state index contributed by atoms with van der Waals surface area (Å²) in [5.41, 5.74) is 5.87. The van der Waals surface area contributed by atoms with E-state index in [0.717, 1.165) is 25.1 Å². The number of aryl methyl sites for hydroxylation is 1. The van der Waals surface area contributed by atoms with Crippen molar-refractivity contribution >= 4 is 12.4 Å². The lowest BCUT2D eigenvalue weighted by Gasteiger charge is -2.14. The van der Waals surface area contributed by atoms with Gasteiger partial charge in [-0.1, -0.05) is 0 Å². The molecule has 1 atom stereocenters. The molecule has 8 heteroatoms. The van der Waals surface area contributed by atoms with Crippen molar-refractivity contribution in [3.8, 4) is 11.5 Å². The molecular weight excluding hydrogens is 307 g/mol. The summed E-state index contributed by atoms with van der Waals surface area (Å²) >= 11 is 0. The molecule has 1 aliphatic rings. The van der Waals surface area contributed by atoms with Gasteiger partial charge in [0.15, 0.2) is 0 Å². The van der Waals surface area contributed by atoms with E-state index in [-0.39, 0.29) is 29.9 Å². The minimum Gasteiger partial charge on any atom is -0.441 e. The predicted molar refractivity (Wildman–Crippen MR) is 71.9 cm³/mol. The summed E-state index contributed by atoms with van der Waals surface area (Å²) < 4.78 is 43.5. The zero-order valence-electron chi connectivity index (χ0n) is 10.9. The van der Waals surface area contributed by atoms with Crippen LogP contribution in [0.2, 0.25) is 0 Å². The second-order valence-electron chi connectivity index (χ2n) is 4.75. The molecule has 3 rings (SSSR count). The minimum atomic E-state index is -4.49. The average Bonchev–Trinajstić information content (AvgIpc) is 2.83. The highest BCUT2D eigenvalue weighted by atomic mass is 35.5. The fraction of sp³-hybridized carbons (Fsp3) is 0.385. The number of pyridine rings is 1. The lowest BCUT2D eigenvalue weighted by atomic mass is 9.98. The highest BCUT2D eigenvalue weighted by molar-refractivity contribution is 5.85. The first-order valence-corrected chi connectivity index (χ1v) is 6.24. The maximum atomic E-state index is 12.6. The van der Waals surface area contributed by atoms with Crippen LogP contribution in [0.4, 0.5) is 13.2 Å². The van der Waals surface area contributed by atoms with Gasteiger partial charge in [-0.15, -0.1) is 12.4 Å². The SMILES string of the molecule is Cl.N[C@H]1CCCc2oc(-c3ccnc(C(F)(F)F)c3)nc21. The van der Waals surface area contributed by atoms with E-state index in [0.29, 0.717) is 17.9 Å². The fourth-order valence-electron chi connectivity index (χ4n) is 2.29. The van der Waals surface area contributed by atoms with Crippen LogP contribution >= 0.6 is 12.4 Å². The van der Waals surface area contributed by atoms with Gasteiger partial charge in [-0.05, 0) is 25.0 Å². The van der Waals surface area contributed by atoms with E-state index < -0.39 is 11.9 Å². The molecule has 0 bridgehead atoms. The van der Waals surface area contributed by atoms with Gasteiger partial charge in [0.25, 0.3) is 0 Å². The van der Waals surface area contributed by atoms with Gasteiger partial charge >= 0.3 is 6.18 Å². The van der Waals surface area contributed by atoms with Gasteiger partial charge in [0.2, 0.25) is 5.89 Å². The Hall–Kier alpha value is -1.60. The van der Waals surface area contributed by atoms with Gasteiger partial charge < -0.3 is 10.2 Å². The van der Waals surface area contributed by atoms with Crippen LogP contribution in [0.25, 0.3) is 11.5 Å². The standard InChI is InChI=1S/C13H12F3N3O.ClH/c14-13(15,16)10-6-7(4-5-18-10)12-19-11-8(17)2-1-3-9(11)20-12;/h4-6,8H,1-3,17H2;1H/t8-;/m0./s1. The van der Waals surface area contributed by atoms with Crippen LogP contribution in [-0.4, -0.2) is 9.97 Å². The first kappa shape index (κ1) is 15.8. The molecule has 4 nitrogen and oxygen atoms in total. The summed E-state index contributed by atoms with van der Waals surface area (Å²) in [4.78, 5) is 7.55. The third-order valence-corrected chi connectivity index (χ3v) is 3.30. The molecular formula is C13H13ClF3N3O. The molecule has 114 valence electrons. The molecule has 2 heterocycles. The number of aromatic nitrogens is 2.